The molecule has 0 bridgehead atoms. The van der Waals surface area contributed by atoms with Crippen LogP contribution in [0.1, 0.15) is 46.5 Å². The van der Waals surface area contributed by atoms with E-state index < -0.39 is 0 Å². The maximum atomic E-state index is 12.0. The third kappa shape index (κ3) is 3.60. The van der Waals surface area contributed by atoms with Gasteiger partial charge in [0, 0.05) is 18.0 Å². The van der Waals surface area contributed by atoms with E-state index in [4.69, 9.17) is 0 Å². The quantitative estimate of drug-likeness (QED) is 0.860. The Kier molecular flexibility index (Phi) is 4.20. The van der Waals surface area contributed by atoms with Gasteiger partial charge in [-0.3, -0.25) is 14.6 Å². The molecular formula is C18H24N4O. The molecule has 1 saturated carbocycles. The van der Waals surface area contributed by atoms with Gasteiger partial charge in [0.15, 0.2) is 5.82 Å². The molecule has 0 aliphatic heterocycles. The number of nitrogens with one attached hydrogen (secondary N) is 1. The maximum Gasteiger partial charge on any atom is 0.260 e. The minimum absolute atomic E-state index is 0.102. The van der Waals surface area contributed by atoms with Gasteiger partial charge in [-0.2, -0.15) is 5.10 Å². The monoisotopic (exact) mass is 312 g/mol. The van der Waals surface area contributed by atoms with E-state index in [1.54, 1.807) is 6.20 Å². The van der Waals surface area contributed by atoms with Gasteiger partial charge in [0.05, 0.1) is 0 Å². The van der Waals surface area contributed by atoms with Crippen molar-refractivity contribution in [3.05, 3.63) is 40.8 Å². The highest BCUT2D eigenvalue weighted by molar-refractivity contribution is 5.85. The summed E-state index contributed by atoms with van der Waals surface area (Å²) in [6.07, 6.45) is 6.10. The molecule has 0 spiro atoms. The zero-order valence-electron chi connectivity index (χ0n) is 14.0. The summed E-state index contributed by atoms with van der Waals surface area (Å²) < 4.78 is 1.52. The summed E-state index contributed by atoms with van der Waals surface area (Å²) in [5, 5.41) is 4.47. The van der Waals surface area contributed by atoms with E-state index in [9.17, 15) is 4.79 Å². The number of hydrazone groups is 1. The lowest BCUT2D eigenvalue weighted by atomic mass is 9.72. The molecule has 2 aromatic heterocycles. The minimum atomic E-state index is -0.102. The number of pyridine rings is 1. The SMILES string of the molecule is CC(C)(C)C1CCC(=NNc2cc(=O)n3ccccc3n2)CC1. The largest absolute Gasteiger partial charge is 0.269 e. The molecule has 23 heavy (non-hydrogen) atoms. The zero-order valence-corrected chi connectivity index (χ0v) is 14.0. The van der Waals surface area contributed by atoms with Crippen LogP contribution in [0.5, 0.6) is 0 Å². The van der Waals surface area contributed by atoms with E-state index in [1.807, 2.05) is 18.2 Å². The molecule has 2 aromatic rings. The normalized spacial score (nSPS) is 18.9. The van der Waals surface area contributed by atoms with Gasteiger partial charge in [0.2, 0.25) is 0 Å². The van der Waals surface area contributed by atoms with Crippen LogP contribution in [0.2, 0.25) is 0 Å². The molecule has 1 aliphatic rings. The van der Waals surface area contributed by atoms with Crippen LogP contribution in [0.4, 0.5) is 5.82 Å². The fourth-order valence-electron chi connectivity index (χ4n) is 3.18. The highest BCUT2D eigenvalue weighted by atomic mass is 16.1. The zero-order chi connectivity index (χ0) is 16.4. The van der Waals surface area contributed by atoms with E-state index >= 15 is 0 Å². The molecule has 1 fully saturated rings. The lowest BCUT2D eigenvalue weighted by Crippen LogP contribution is -2.26. The fraction of sp³-hybridized carbons (Fsp3) is 0.500. The van der Waals surface area contributed by atoms with Crippen LogP contribution in [-0.4, -0.2) is 15.1 Å². The summed E-state index contributed by atoms with van der Waals surface area (Å²) in [6.45, 7) is 6.93. The Morgan fingerprint density at radius 1 is 1.26 bits per heavy atom. The first-order chi connectivity index (χ1) is 10.9. The van der Waals surface area contributed by atoms with E-state index in [0.717, 1.165) is 18.8 Å². The van der Waals surface area contributed by atoms with Crippen molar-refractivity contribution < 1.29 is 0 Å². The molecular weight excluding hydrogens is 288 g/mol. The topological polar surface area (TPSA) is 58.8 Å². The van der Waals surface area contributed by atoms with Gasteiger partial charge >= 0.3 is 0 Å². The predicted octanol–water partition coefficient (Wildman–Crippen LogP) is 3.70. The number of rotatable bonds is 2. The smallest absolute Gasteiger partial charge is 0.260 e. The summed E-state index contributed by atoms with van der Waals surface area (Å²) in [7, 11) is 0. The van der Waals surface area contributed by atoms with Gasteiger partial charge in [0.1, 0.15) is 5.65 Å². The number of anilines is 1. The number of hydrogen-bond acceptors (Lipinski definition) is 4. The number of nitrogens with zero attached hydrogens (tertiary/aromatic N) is 3. The van der Waals surface area contributed by atoms with Crippen LogP contribution in [0.15, 0.2) is 40.4 Å². The van der Waals surface area contributed by atoms with Crippen molar-refractivity contribution in [2.24, 2.45) is 16.4 Å². The van der Waals surface area contributed by atoms with Gasteiger partial charge in [-0.15, -0.1) is 0 Å². The van der Waals surface area contributed by atoms with Crippen molar-refractivity contribution in [1.29, 1.82) is 0 Å². The molecule has 122 valence electrons. The van der Waals surface area contributed by atoms with Crippen LogP contribution in [0.25, 0.3) is 5.65 Å². The Morgan fingerprint density at radius 3 is 2.70 bits per heavy atom. The summed E-state index contributed by atoms with van der Waals surface area (Å²) in [5.74, 6) is 1.26. The average Bonchev–Trinajstić information content (AvgIpc) is 2.52. The van der Waals surface area contributed by atoms with Crippen LogP contribution in [-0.2, 0) is 0 Å². The Bertz CT molecular complexity index is 775. The van der Waals surface area contributed by atoms with Crippen molar-refractivity contribution in [2.45, 2.75) is 46.5 Å². The summed E-state index contributed by atoms with van der Waals surface area (Å²) in [5.41, 5.74) is 5.02. The van der Waals surface area contributed by atoms with E-state index in [2.05, 4.69) is 36.3 Å². The van der Waals surface area contributed by atoms with Gasteiger partial charge in [-0.1, -0.05) is 26.8 Å². The lowest BCUT2D eigenvalue weighted by molar-refractivity contribution is 0.208. The maximum absolute atomic E-state index is 12.0. The van der Waals surface area contributed by atoms with Gasteiger partial charge in [-0.05, 0) is 49.1 Å². The Morgan fingerprint density at radius 2 is 2.00 bits per heavy atom. The predicted molar refractivity (Wildman–Crippen MR) is 93.9 cm³/mol. The van der Waals surface area contributed by atoms with Crippen LogP contribution in [0.3, 0.4) is 0 Å². The van der Waals surface area contributed by atoms with Gasteiger partial charge < -0.3 is 0 Å². The summed E-state index contributed by atoms with van der Waals surface area (Å²) >= 11 is 0. The highest BCUT2D eigenvalue weighted by Crippen LogP contribution is 2.36. The molecule has 0 amide bonds. The first-order valence-electron chi connectivity index (χ1n) is 8.23. The standard InChI is InChI=1S/C18H24N4O/c1-18(2,3)13-7-9-14(10-8-13)20-21-15-12-17(23)22-11-5-4-6-16(22)19-15/h4-6,11-13,21H,7-10H2,1-3H3. The molecule has 5 nitrogen and oxygen atoms in total. The molecule has 3 rings (SSSR count). The Labute approximate surface area is 136 Å². The minimum Gasteiger partial charge on any atom is -0.269 e. The Balaban J connectivity index is 1.70. The third-order valence-corrected chi connectivity index (χ3v) is 4.69. The van der Waals surface area contributed by atoms with Crippen molar-refractivity contribution >= 4 is 17.2 Å². The number of fused-ring (bicyclic) bond motifs is 1. The molecule has 1 aliphatic carbocycles. The van der Waals surface area contributed by atoms with E-state index in [-0.39, 0.29) is 5.56 Å². The van der Waals surface area contributed by atoms with E-state index in [1.165, 1.54) is 29.0 Å². The lowest BCUT2D eigenvalue weighted by Gasteiger charge is -2.34. The third-order valence-electron chi connectivity index (χ3n) is 4.69. The number of aromatic nitrogens is 2. The first-order valence-corrected chi connectivity index (χ1v) is 8.23. The molecule has 0 aromatic carbocycles. The van der Waals surface area contributed by atoms with Gasteiger partial charge in [0.25, 0.3) is 5.56 Å². The molecule has 0 atom stereocenters. The second-order valence-electron chi connectivity index (χ2n) is 7.34. The molecule has 5 heteroatoms. The van der Waals surface area contributed by atoms with E-state index in [0.29, 0.717) is 16.9 Å². The first kappa shape index (κ1) is 15.7. The van der Waals surface area contributed by atoms with Crippen molar-refractivity contribution in [3.63, 3.8) is 0 Å². The van der Waals surface area contributed by atoms with Crippen molar-refractivity contribution in [3.8, 4) is 0 Å². The molecule has 0 unspecified atom stereocenters. The molecule has 1 N–H and O–H groups in total. The second-order valence-corrected chi connectivity index (χ2v) is 7.34. The molecule has 0 saturated heterocycles. The number of hydrogen-bond donors (Lipinski definition) is 1. The highest BCUT2D eigenvalue weighted by Gasteiger charge is 2.27. The Hall–Kier alpha value is -2.17. The van der Waals surface area contributed by atoms with Gasteiger partial charge in [-0.25, -0.2) is 4.98 Å². The van der Waals surface area contributed by atoms with Crippen molar-refractivity contribution in [1.82, 2.24) is 9.38 Å². The fourth-order valence-corrected chi connectivity index (χ4v) is 3.18. The summed E-state index contributed by atoms with van der Waals surface area (Å²) in [4.78, 5) is 16.5. The second kappa shape index (κ2) is 6.14. The molecule has 2 heterocycles. The van der Waals surface area contributed by atoms with Crippen LogP contribution in [0, 0.1) is 11.3 Å². The average molecular weight is 312 g/mol. The summed E-state index contributed by atoms with van der Waals surface area (Å²) in [6, 6.07) is 6.98. The van der Waals surface area contributed by atoms with Crippen molar-refractivity contribution in [2.75, 3.05) is 5.43 Å². The van der Waals surface area contributed by atoms with Crippen LogP contribution >= 0.6 is 0 Å². The molecule has 0 radical (unpaired) electrons. The van der Waals surface area contributed by atoms with Crippen LogP contribution < -0.4 is 11.0 Å².